The Kier molecular flexibility index (Phi) is 8.63. The Bertz CT molecular complexity index is 202. The third-order valence-corrected chi connectivity index (χ3v) is 6.08. The largest absolute Gasteiger partial charge is 0.0888 e. The molecule has 1 fully saturated rings. The van der Waals surface area contributed by atoms with Gasteiger partial charge in [0.25, 0.3) is 0 Å². The molecule has 0 aromatic rings. The first-order valence-corrected chi connectivity index (χ1v) is 9.26. The van der Waals surface area contributed by atoms with Crippen LogP contribution >= 0.6 is 15.9 Å². The van der Waals surface area contributed by atoms with Crippen LogP contribution in [0.4, 0.5) is 0 Å². The van der Waals surface area contributed by atoms with Crippen molar-refractivity contribution >= 4 is 15.9 Å². The molecule has 0 N–H and O–H groups in total. The van der Waals surface area contributed by atoms with Crippen LogP contribution in [-0.2, 0) is 0 Å². The highest BCUT2D eigenvalue weighted by atomic mass is 79.9. The van der Waals surface area contributed by atoms with E-state index in [1.54, 1.807) is 0 Å². The third kappa shape index (κ3) is 5.63. The highest BCUT2D eigenvalue weighted by Crippen LogP contribution is 2.40. The summed E-state index contributed by atoms with van der Waals surface area (Å²) in [5.41, 5.74) is 0. The normalized spacial score (nSPS) is 30.3. The fourth-order valence-electron chi connectivity index (χ4n) is 3.65. The van der Waals surface area contributed by atoms with Crippen molar-refractivity contribution in [3.63, 3.8) is 0 Å². The lowest BCUT2D eigenvalue weighted by Crippen LogP contribution is -2.27. The Morgan fingerprint density at radius 1 is 1.11 bits per heavy atom. The van der Waals surface area contributed by atoms with Gasteiger partial charge in [-0.1, -0.05) is 75.2 Å². The molecule has 0 amide bonds. The number of rotatable bonds is 8. The summed E-state index contributed by atoms with van der Waals surface area (Å²) in [6.45, 7) is 7.04. The SMILES string of the molecule is CCCCC(CC)CC1CC(CCC)CCC1Br. The molecule has 108 valence electrons. The van der Waals surface area contributed by atoms with E-state index in [1.165, 1.54) is 64.2 Å². The van der Waals surface area contributed by atoms with Crippen LogP contribution < -0.4 is 0 Å². The molecule has 1 aliphatic rings. The summed E-state index contributed by atoms with van der Waals surface area (Å²) < 4.78 is 0. The van der Waals surface area contributed by atoms with Crippen molar-refractivity contribution in [2.24, 2.45) is 17.8 Å². The molecular weight excluding hydrogens is 284 g/mol. The van der Waals surface area contributed by atoms with Gasteiger partial charge in [0.1, 0.15) is 0 Å². The van der Waals surface area contributed by atoms with Crippen LogP contribution in [-0.4, -0.2) is 4.83 Å². The van der Waals surface area contributed by atoms with Gasteiger partial charge < -0.3 is 0 Å². The van der Waals surface area contributed by atoms with E-state index in [1.807, 2.05) is 0 Å². The van der Waals surface area contributed by atoms with E-state index in [2.05, 4.69) is 36.7 Å². The molecule has 1 saturated carbocycles. The number of alkyl halides is 1. The van der Waals surface area contributed by atoms with Gasteiger partial charge in [-0.15, -0.1) is 0 Å². The highest BCUT2D eigenvalue weighted by molar-refractivity contribution is 9.09. The van der Waals surface area contributed by atoms with E-state index in [9.17, 15) is 0 Å². The maximum atomic E-state index is 3.96. The average molecular weight is 317 g/mol. The fraction of sp³-hybridized carbons (Fsp3) is 1.00. The lowest BCUT2D eigenvalue weighted by molar-refractivity contribution is 0.220. The van der Waals surface area contributed by atoms with Crippen molar-refractivity contribution in [3.8, 4) is 0 Å². The number of unbranched alkanes of at least 4 members (excludes halogenated alkanes) is 1. The average Bonchev–Trinajstić information content (AvgIpc) is 2.38. The zero-order valence-corrected chi connectivity index (χ0v) is 14.3. The molecule has 0 bridgehead atoms. The van der Waals surface area contributed by atoms with Gasteiger partial charge in [0.05, 0.1) is 0 Å². The summed E-state index contributed by atoms with van der Waals surface area (Å²) in [4.78, 5) is 0.807. The molecule has 0 aliphatic heterocycles. The maximum absolute atomic E-state index is 3.96. The minimum absolute atomic E-state index is 0.807. The van der Waals surface area contributed by atoms with Gasteiger partial charge in [-0.05, 0) is 43.4 Å². The molecule has 0 heterocycles. The molecule has 0 radical (unpaired) electrons. The molecule has 0 aromatic carbocycles. The zero-order chi connectivity index (χ0) is 13.4. The molecular formula is C17H33Br. The molecule has 1 aliphatic carbocycles. The standard InChI is InChI=1S/C17H33Br/c1-4-7-9-14(6-3)12-16-13-15(8-5-2)10-11-17(16)18/h14-17H,4-13H2,1-3H3. The smallest absolute Gasteiger partial charge is 0.0174 e. The van der Waals surface area contributed by atoms with Crippen molar-refractivity contribution in [2.45, 2.75) is 89.8 Å². The van der Waals surface area contributed by atoms with Gasteiger partial charge in [0.2, 0.25) is 0 Å². The molecule has 0 spiro atoms. The molecule has 4 atom stereocenters. The van der Waals surface area contributed by atoms with Crippen LogP contribution in [0.3, 0.4) is 0 Å². The molecule has 0 nitrogen and oxygen atoms in total. The Labute approximate surface area is 123 Å². The molecule has 18 heavy (non-hydrogen) atoms. The van der Waals surface area contributed by atoms with Gasteiger partial charge in [-0.25, -0.2) is 0 Å². The Morgan fingerprint density at radius 3 is 2.50 bits per heavy atom. The summed E-state index contributed by atoms with van der Waals surface area (Å²) >= 11 is 3.96. The summed E-state index contributed by atoms with van der Waals surface area (Å²) in [6, 6.07) is 0. The first-order valence-electron chi connectivity index (χ1n) is 8.35. The van der Waals surface area contributed by atoms with Gasteiger partial charge in [0.15, 0.2) is 0 Å². The predicted octanol–water partition coefficient (Wildman–Crippen LogP) is 6.57. The van der Waals surface area contributed by atoms with Crippen LogP contribution in [0, 0.1) is 17.8 Å². The first kappa shape index (κ1) is 16.5. The molecule has 1 heteroatoms. The number of hydrogen-bond donors (Lipinski definition) is 0. The Hall–Kier alpha value is 0.480. The minimum atomic E-state index is 0.807. The number of halogens is 1. The van der Waals surface area contributed by atoms with Crippen LogP contribution in [0.15, 0.2) is 0 Å². The monoisotopic (exact) mass is 316 g/mol. The lowest BCUT2D eigenvalue weighted by atomic mass is 9.75. The second-order valence-corrected chi connectivity index (χ2v) is 7.57. The van der Waals surface area contributed by atoms with E-state index in [0.29, 0.717) is 0 Å². The lowest BCUT2D eigenvalue weighted by Gasteiger charge is -2.35. The third-order valence-electron chi connectivity index (χ3n) is 4.87. The van der Waals surface area contributed by atoms with Gasteiger partial charge >= 0.3 is 0 Å². The summed E-state index contributed by atoms with van der Waals surface area (Å²) in [5, 5.41) is 0. The van der Waals surface area contributed by atoms with Gasteiger partial charge in [-0.2, -0.15) is 0 Å². The van der Waals surface area contributed by atoms with Crippen LogP contribution in [0.5, 0.6) is 0 Å². The fourth-order valence-corrected chi connectivity index (χ4v) is 4.34. The van der Waals surface area contributed by atoms with E-state index in [4.69, 9.17) is 0 Å². The van der Waals surface area contributed by atoms with Crippen molar-refractivity contribution in [1.29, 1.82) is 0 Å². The van der Waals surface area contributed by atoms with E-state index < -0.39 is 0 Å². The second-order valence-electron chi connectivity index (χ2n) is 6.40. The molecule has 0 aromatic heterocycles. The topological polar surface area (TPSA) is 0 Å². The summed E-state index contributed by atoms with van der Waals surface area (Å²) in [7, 11) is 0. The van der Waals surface area contributed by atoms with Crippen molar-refractivity contribution in [1.82, 2.24) is 0 Å². The van der Waals surface area contributed by atoms with Crippen molar-refractivity contribution in [2.75, 3.05) is 0 Å². The summed E-state index contributed by atoms with van der Waals surface area (Å²) in [5.74, 6) is 2.96. The molecule has 1 rings (SSSR count). The Balaban J connectivity index is 2.40. The maximum Gasteiger partial charge on any atom is 0.0174 e. The second kappa shape index (κ2) is 9.39. The van der Waals surface area contributed by atoms with Crippen molar-refractivity contribution < 1.29 is 0 Å². The van der Waals surface area contributed by atoms with Crippen molar-refractivity contribution in [3.05, 3.63) is 0 Å². The Morgan fingerprint density at radius 2 is 1.89 bits per heavy atom. The number of hydrogen-bond acceptors (Lipinski definition) is 0. The first-order chi connectivity index (χ1) is 8.71. The van der Waals surface area contributed by atoms with E-state index >= 15 is 0 Å². The van der Waals surface area contributed by atoms with Crippen LogP contribution in [0.1, 0.15) is 85.0 Å². The molecule has 4 unspecified atom stereocenters. The minimum Gasteiger partial charge on any atom is -0.0888 e. The van der Waals surface area contributed by atoms with Crippen LogP contribution in [0.25, 0.3) is 0 Å². The van der Waals surface area contributed by atoms with Crippen LogP contribution in [0.2, 0.25) is 0 Å². The van der Waals surface area contributed by atoms with Gasteiger partial charge in [-0.3, -0.25) is 0 Å². The van der Waals surface area contributed by atoms with E-state index in [0.717, 1.165) is 22.6 Å². The zero-order valence-electron chi connectivity index (χ0n) is 12.8. The summed E-state index contributed by atoms with van der Waals surface area (Å²) in [6.07, 6.45) is 14.3. The van der Waals surface area contributed by atoms with E-state index in [-0.39, 0.29) is 0 Å². The quantitative estimate of drug-likeness (QED) is 0.444. The molecule has 0 saturated heterocycles. The van der Waals surface area contributed by atoms with Gasteiger partial charge in [0, 0.05) is 4.83 Å². The highest BCUT2D eigenvalue weighted by Gasteiger charge is 2.29. The predicted molar refractivity (Wildman–Crippen MR) is 86.4 cm³/mol.